The summed E-state index contributed by atoms with van der Waals surface area (Å²) in [5.74, 6) is 1.51. The van der Waals surface area contributed by atoms with Crippen molar-refractivity contribution in [3.05, 3.63) is 24.3 Å². The Morgan fingerprint density at radius 1 is 1.43 bits per heavy atom. The molecule has 4 nitrogen and oxygen atoms in total. The fourth-order valence-electron chi connectivity index (χ4n) is 2.34. The van der Waals surface area contributed by atoms with Gasteiger partial charge < -0.3 is 15.0 Å². The maximum absolute atomic E-state index is 12.2. The second-order valence-electron chi connectivity index (χ2n) is 4.95. The highest BCUT2D eigenvalue weighted by Crippen LogP contribution is 2.23. The summed E-state index contributed by atoms with van der Waals surface area (Å²) in [6, 6.07) is 8.21. The molecule has 1 aliphatic heterocycles. The molecule has 21 heavy (non-hydrogen) atoms. The van der Waals surface area contributed by atoms with Gasteiger partial charge in [0.15, 0.2) is 0 Å². The number of thioether (sulfide) groups is 1. The van der Waals surface area contributed by atoms with E-state index in [-0.39, 0.29) is 18.3 Å². The van der Waals surface area contributed by atoms with Gasteiger partial charge in [-0.15, -0.1) is 24.2 Å². The molecule has 1 saturated heterocycles. The van der Waals surface area contributed by atoms with Gasteiger partial charge in [0.2, 0.25) is 5.91 Å². The van der Waals surface area contributed by atoms with Gasteiger partial charge in [0, 0.05) is 18.0 Å². The number of ether oxygens (including phenoxy) is 1. The molecule has 0 unspecified atom stereocenters. The van der Waals surface area contributed by atoms with Crippen molar-refractivity contribution in [2.45, 2.75) is 23.8 Å². The molecule has 0 radical (unpaired) electrons. The average Bonchev–Trinajstić information content (AvgIpc) is 2.53. The lowest BCUT2D eigenvalue weighted by molar-refractivity contribution is -0.129. The lowest BCUT2D eigenvalue weighted by atomic mass is 10.1. The molecule has 0 bridgehead atoms. The molecule has 6 heteroatoms. The molecule has 1 aromatic carbocycles. The van der Waals surface area contributed by atoms with Gasteiger partial charge in [0.25, 0.3) is 0 Å². The molecular weight excluding hydrogens is 308 g/mol. The maximum Gasteiger partial charge on any atom is 0.232 e. The number of amides is 1. The van der Waals surface area contributed by atoms with E-state index in [1.807, 2.05) is 36.2 Å². The van der Waals surface area contributed by atoms with Crippen LogP contribution in [0.5, 0.6) is 5.75 Å². The van der Waals surface area contributed by atoms with Gasteiger partial charge in [0.1, 0.15) is 5.75 Å². The second kappa shape index (κ2) is 9.18. The van der Waals surface area contributed by atoms with Crippen LogP contribution < -0.4 is 10.1 Å². The van der Waals surface area contributed by atoms with E-state index in [1.165, 1.54) is 0 Å². The molecule has 0 spiro atoms. The van der Waals surface area contributed by atoms with Crippen LogP contribution in [-0.4, -0.2) is 49.8 Å². The van der Waals surface area contributed by atoms with Gasteiger partial charge in [-0.2, -0.15) is 0 Å². The molecule has 2 rings (SSSR count). The monoisotopic (exact) mass is 330 g/mol. The highest BCUT2D eigenvalue weighted by molar-refractivity contribution is 8.00. The number of halogens is 1. The molecule has 0 aromatic heterocycles. The number of piperidine rings is 1. The lowest BCUT2D eigenvalue weighted by Gasteiger charge is -2.31. The van der Waals surface area contributed by atoms with Crippen LogP contribution in [0.25, 0.3) is 0 Å². The van der Waals surface area contributed by atoms with E-state index in [4.69, 9.17) is 4.74 Å². The Morgan fingerprint density at radius 2 is 2.14 bits per heavy atom. The Labute approximate surface area is 137 Å². The highest BCUT2D eigenvalue weighted by atomic mass is 35.5. The van der Waals surface area contributed by atoms with Crippen LogP contribution in [0.3, 0.4) is 0 Å². The Hall–Kier alpha value is -0.910. The summed E-state index contributed by atoms with van der Waals surface area (Å²) in [5, 5.41) is 3.32. The lowest BCUT2D eigenvalue weighted by Crippen LogP contribution is -2.44. The first-order valence-electron chi connectivity index (χ1n) is 6.94. The SMILES string of the molecule is COc1cccc(SCC(=O)N(C)C2CCNCC2)c1.Cl. The van der Waals surface area contributed by atoms with Crippen molar-refractivity contribution >= 4 is 30.1 Å². The smallest absolute Gasteiger partial charge is 0.232 e. The molecule has 0 aliphatic carbocycles. The topological polar surface area (TPSA) is 41.6 Å². The molecule has 0 saturated carbocycles. The van der Waals surface area contributed by atoms with E-state index in [1.54, 1.807) is 18.9 Å². The van der Waals surface area contributed by atoms with Crippen molar-refractivity contribution in [2.75, 3.05) is 33.0 Å². The first kappa shape index (κ1) is 18.1. The number of carbonyl (C=O) groups excluding carboxylic acids is 1. The number of rotatable bonds is 5. The van der Waals surface area contributed by atoms with Crippen molar-refractivity contribution in [3.63, 3.8) is 0 Å². The summed E-state index contributed by atoms with van der Waals surface area (Å²) in [5.41, 5.74) is 0. The summed E-state index contributed by atoms with van der Waals surface area (Å²) < 4.78 is 5.19. The van der Waals surface area contributed by atoms with Crippen molar-refractivity contribution in [1.29, 1.82) is 0 Å². The van der Waals surface area contributed by atoms with Gasteiger partial charge in [-0.25, -0.2) is 0 Å². The van der Waals surface area contributed by atoms with E-state index in [9.17, 15) is 4.79 Å². The fourth-order valence-corrected chi connectivity index (χ4v) is 3.20. The third-order valence-corrected chi connectivity index (χ3v) is 4.63. The molecule has 1 amide bonds. The molecule has 1 N–H and O–H groups in total. The molecule has 1 fully saturated rings. The second-order valence-corrected chi connectivity index (χ2v) is 6.00. The minimum atomic E-state index is 0. The highest BCUT2D eigenvalue weighted by Gasteiger charge is 2.21. The predicted molar refractivity (Wildman–Crippen MR) is 89.6 cm³/mol. The van der Waals surface area contributed by atoms with E-state index in [0.29, 0.717) is 11.8 Å². The number of hydrogen-bond donors (Lipinski definition) is 1. The van der Waals surface area contributed by atoms with Gasteiger partial charge >= 0.3 is 0 Å². The standard InChI is InChI=1S/C15H22N2O2S.ClH/c1-17(12-6-8-16-9-7-12)15(18)11-20-14-5-3-4-13(10-14)19-2;/h3-5,10,12,16H,6-9,11H2,1-2H3;1H. The van der Waals surface area contributed by atoms with Gasteiger partial charge in [-0.1, -0.05) is 6.07 Å². The molecule has 118 valence electrons. The summed E-state index contributed by atoms with van der Waals surface area (Å²) in [4.78, 5) is 15.2. The Balaban J connectivity index is 0.00000220. The Kier molecular flexibility index (Phi) is 7.93. The molecule has 1 aliphatic rings. The van der Waals surface area contributed by atoms with Crippen LogP contribution in [-0.2, 0) is 4.79 Å². The predicted octanol–water partition coefficient (Wildman–Crippen LogP) is 2.42. The van der Waals surface area contributed by atoms with Crippen molar-refractivity contribution in [3.8, 4) is 5.75 Å². The van der Waals surface area contributed by atoms with Gasteiger partial charge in [0.05, 0.1) is 12.9 Å². The normalized spacial score (nSPS) is 15.1. The number of nitrogens with one attached hydrogen (secondary N) is 1. The van der Waals surface area contributed by atoms with Crippen LogP contribution in [0, 0.1) is 0 Å². The van der Waals surface area contributed by atoms with Gasteiger partial charge in [-0.3, -0.25) is 4.79 Å². The zero-order valence-electron chi connectivity index (χ0n) is 12.5. The van der Waals surface area contributed by atoms with E-state index < -0.39 is 0 Å². The maximum atomic E-state index is 12.2. The quantitative estimate of drug-likeness (QED) is 0.842. The largest absolute Gasteiger partial charge is 0.497 e. The van der Waals surface area contributed by atoms with E-state index >= 15 is 0 Å². The zero-order valence-corrected chi connectivity index (χ0v) is 14.1. The Bertz CT molecular complexity index is 453. The number of benzene rings is 1. The third kappa shape index (κ3) is 5.41. The number of nitrogens with zero attached hydrogens (tertiary/aromatic N) is 1. The minimum Gasteiger partial charge on any atom is -0.497 e. The van der Waals surface area contributed by atoms with Crippen LogP contribution in [0.1, 0.15) is 12.8 Å². The third-order valence-electron chi connectivity index (χ3n) is 3.65. The fraction of sp³-hybridized carbons (Fsp3) is 0.533. The van der Waals surface area contributed by atoms with Crippen LogP contribution in [0.15, 0.2) is 29.2 Å². The first-order chi connectivity index (χ1) is 9.70. The minimum absolute atomic E-state index is 0. The van der Waals surface area contributed by atoms with Crippen molar-refractivity contribution < 1.29 is 9.53 Å². The summed E-state index contributed by atoms with van der Waals surface area (Å²) in [6.07, 6.45) is 2.10. The summed E-state index contributed by atoms with van der Waals surface area (Å²) in [6.45, 7) is 2.01. The van der Waals surface area contributed by atoms with Crippen LogP contribution >= 0.6 is 24.2 Å². The van der Waals surface area contributed by atoms with Crippen molar-refractivity contribution in [2.24, 2.45) is 0 Å². The van der Waals surface area contributed by atoms with E-state index in [2.05, 4.69) is 5.32 Å². The summed E-state index contributed by atoms with van der Waals surface area (Å²) >= 11 is 1.56. The average molecular weight is 331 g/mol. The van der Waals surface area contributed by atoms with E-state index in [0.717, 1.165) is 36.6 Å². The molecule has 1 heterocycles. The van der Waals surface area contributed by atoms with Crippen molar-refractivity contribution in [1.82, 2.24) is 10.2 Å². The molecule has 0 atom stereocenters. The Morgan fingerprint density at radius 3 is 2.81 bits per heavy atom. The van der Waals surface area contributed by atoms with Gasteiger partial charge in [-0.05, 0) is 44.1 Å². The summed E-state index contributed by atoms with van der Waals surface area (Å²) in [7, 11) is 3.57. The number of hydrogen-bond acceptors (Lipinski definition) is 4. The van der Waals surface area contributed by atoms with Crippen LogP contribution in [0.2, 0.25) is 0 Å². The number of carbonyl (C=O) groups is 1. The molecule has 1 aromatic rings. The number of methoxy groups -OCH3 is 1. The first-order valence-corrected chi connectivity index (χ1v) is 7.92. The zero-order chi connectivity index (χ0) is 14.4. The molecular formula is C15H23ClN2O2S. The van der Waals surface area contributed by atoms with Crippen LogP contribution in [0.4, 0.5) is 0 Å².